The number of anilines is 1. The quantitative estimate of drug-likeness (QED) is 0.552. The van der Waals surface area contributed by atoms with E-state index in [1.165, 1.54) is 6.20 Å². The average Bonchev–Trinajstić information content (AvgIpc) is 3.61. The van der Waals surface area contributed by atoms with E-state index < -0.39 is 36.2 Å². The number of rotatable bonds is 5. The van der Waals surface area contributed by atoms with E-state index in [9.17, 15) is 22.8 Å². The number of pyridine rings is 1. The minimum absolute atomic E-state index is 0.0120. The van der Waals surface area contributed by atoms with Crippen LogP contribution in [0.4, 0.5) is 19.0 Å². The normalized spacial score (nSPS) is 28.3. The van der Waals surface area contributed by atoms with Gasteiger partial charge in [0, 0.05) is 51.5 Å². The molecule has 4 aliphatic heterocycles. The van der Waals surface area contributed by atoms with Gasteiger partial charge in [-0.25, -0.2) is 10.4 Å². The number of nitrogens with one attached hydrogen (secondary N) is 2. The molecule has 3 saturated heterocycles. The van der Waals surface area contributed by atoms with Gasteiger partial charge >= 0.3 is 6.18 Å². The fourth-order valence-electron chi connectivity index (χ4n) is 6.73. The molecule has 5 heterocycles. The van der Waals surface area contributed by atoms with Crippen LogP contribution in [0.5, 0.6) is 0 Å². The average molecular weight is 584 g/mol. The van der Waals surface area contributed by atoms with Crippen molar-refractivity contribution >= 4 is 17.6 Å². The Morgan fingerprint density at radius 1 is 1.12 bits per heavy atom. The van der Waals surface area contributed by atoms with Gasteiger partial charge in [0.05, 0.1) is 30.2 Å². The lowest BCUT2D eigenvalue weighted by atomic mass is 9.92. The Balaban J connectivity index is 1.10. The maximum Gasteiger partial charge on any atom is 0.402 e. The maximum atomic E-state index is 14.1. The highest BCUT2D eigenvalue weighted by atomic mass is 19.4. The largest absolute Gasteiger partial charge is 0.402 e. The van der Waals surface area contributed by atoms with Crippen molar-refractivity contribution in [3.05, 3.63) is 59.3 Å². The van der Waals surface area contributed by atoms with Gasteiger partial charge in [0.2, 0.25) is 11.8 Å². The molecule has 4 aliphatic rings. The molecule has 1 aromatic carbocycles. The van der Waals surface area contributed by atoms with Crippen LogP contribution in [0.2, 0.25) is 0 Å². The first-order chi connectivity index (χ1) is 20.2. The summed E-state index contributed by atoms with van der Waals surface area (Å²) in [4.78, 5) is 35.5. The SMILES string of the molecule is N#Cc1ccc(N2CCN(C(=O)C[C@@H]3CC[C@@H]([C@H]4c5ccccc5CN4C4CNNC(=O)C4C(F)(F)F)O3)CC2)nc1. The van der Waals surface area contributed by atoms with Crippen molar-refractivity contribution in [3.8, 4) is 6.07 Å². The Morgan fingerprint density at radius 3 is 2.62 bits per heavy atom. The summed E-state index contributed by atoms with van der Waals surface area (Å²) in [6.07, 6.45) is -2.45. The van der Waals surface area contributed by atoms with Crippen LogP contribution >= 0.6 is 0 Å². The van der Waals surface area contributed by atoms with E-state index in [0.717, 1.165) is 16.9 Å². The van der Waals surface area contributed by atoms with Crippen molar-refractivity contribution in [2.45, 2.75) is 56.3 Å². The number of ether oxygens (including phenoxy) is 1. The van der Waals surface area contributed by atoms with Crippen molar-refractivity contribution in [2.24, 2.45) is 5.92 Å². The lowest BCUT2D eigenvalue weighted by Gasteiger charge is -2.42. The topological polar surface area (TPSA) is 114 Å². The molecule has 3 fully saturated rings. The molecule has 42 heavy (non-hydrogen) atoms. The third-order valence-corrected chi connectivity index (χ3v) is 8.78. The smallest absolute Gasteiger partial charge is 0.372 e. The number of piperazine rings is 1. The number of carbonyl (C=O) groups is 2. The molecule has 222 valence electrons. The standard InChI is InChI=1S/C29H32F3N7O3/c30-29(31,32)26-22(16-35-36-28(26)41)39-17-19-3-1-2-4-21(19)27(39)23-7-6-20(42-23)13-25(40)38-11-9-37(10-12-38)24-8-5-18(14-33)15-34-24/h1-5,8,15,20,22-23,26-27,35H,6-7,9-13,16-17H2,(H,36,41)/t20-,22?,23-,26?,27+/m0/s1. The number of nitriles is 1. The second-order valence-corrected chi connectivity index (χ2v) is 11.2. The maximum absolute atomic E-state index is 14.1. The molecular weight excluding hydrogens is 551 g/mol. The molecule has 2 aromatic rings. The Hall–Kier alpha value is -3.73. The van der Waals surface area contributed by atoms with Crippen LogP contribution < -0.4 is 15.8 Å². The van der Waals surface area contributed by atoms with Crippen LogP contribution in [0.3, 0.4) is 0 Å². The van der Waals surface area contributed by atoms with Gasteiger partial charge in [0.15, 0.2) is 5.92 Å². The molecule has 13 heteroatoms. The molecule has 5 atom stereocenters. The summed E-state index contributed by atoms with van der Waals surface area (Å²) < 4.78 is 48.6. The molecule has 10 nitrogen and oxygen atoms in total. The Bertz CT molecular complexity index is 1360. The summed E-state index contributed by atoms with van der Waals surface area (Å²) in [7, 11) is 0. The van der Waals surface area contributed by atoms with Crippen molar-refractivity contribution in [1.29, 1.82) is 5.26 Å². The molecule has 0 bridgehead atoms. The number of hydrogen-bond donors (Lipinski definition) is 2. The highest BCUT2D eigenvalue weighted by molar-refractivity contribution is 5.80. The first kappa shape index (κ1) is 28.4. The molecule has 0 saturated carbocycles. The van der Waals surface area contributed by atoms with Gasteiger partial charge in [-0.05, 0) is 36.1 Å². The predicted octanol–water partition coefficient (Wildman–Crippen LogP) is 2.28. The fourth-order valence-corrected chi connectivity index (χ4v) is 6.73. The van der Waals surface area contributed by atoms with Gasteiger partial charge in [-0.3, -0.25) is 19.9 Å². The van der Waals surface area contributed by atoms with Crippen LogP contribution in [-0.4, -0.2) is 83.7 Å². The monoisotopic (exact) mass is 583 g/mol. The van der Waals surface area contributed by atoms with E-state index in [1.807, 2.05) is 29.2 Å². The van der Waals surface area contributed by atoms with Crippen LogP contribution in [0, 0.1) is 17.2 Å². The molecule has 2 N–H and O–H groups in total. The number of halogens is 3. The molecule has 0 aliphatic carbocycles. The zero-order valence-corrected chi connectivity index (χ0v) is 22.9. The minimum Gasteiger partial charge on any atom is -0.372 e. The van der Waals surface area contributed by atoms with Gasteiger partial charge in [-0.2, -0.15) is 18.4 Å². The van der Waals surface area contributed by atoms with E-state index in [2.05, 4.69) is 26.8 Å². The summed E-state index contributed by atoms with van der Waals surface area (Å²) in [6, 6.07) is 11.6. The number of carbonyl (C=O) groups excluding carboxylic acids is 2. The van der Waals surface area contributed by atoms with Gasteiger partial charge in [-0.1, -0.05) is 24.3 Å². The van der Waals surface area contributed by atoms with E-state index in [0.29, 0.717) is 44.6 Å². The fraction of sp³-hybridized carbons (Fsp3) is 0.517. The minimum atomic E-state index is -4.69. The van der Waals surface area contributed by atoms with Crippen LogP contribution in [0.1, 0.15) is 42.0 Å². The Morgan fingerprint density at radius 2 is 1.90 bits per heavy atom. The van der Waals surface area contributed by atoms with Crippen LogP contribution in [-0.2, 0) is 20.9 Å². The van der Waals surface area contributed by atoms with E-state index in [4.69, 9.17) is 10.00 Å². The first-order valence-corrected chi connectivity index (χ1v) is 14.2. The number of alkyl halides is 3. The summed E-state index contributed by atoms with van der Waals surface area (Å²) in [5.41, 5.74) is 7.11. The molecule has 0 radical (unpaired) electrons. The molecule has 1 aromatic heterocycles. The van der Waals surface area contributed by atoms with Gasteiger partial charge in [-0.15, -0.1) is 0 Å². The zero-order valence-electron chi connectivity index (χ0n) is 22.9. The van der Waals surface area contributed by atoms with Crippen molar-refractivity contribution < 1.29 is 27.5 Å². The third kappa shape index (κ3) is 5.54. The Kier molecular flexibility index (Phi) is 7.78. The lowest BCUT2D eigenvalue weighted by molar-refractivity contribution is -0.204. The highest BCUT2D eigenvalue weighted by Gasteiger charge is 2.56. The molecule has 0 spiro atoms. The first-order valence-electron chi connectivity index (χ1n) is 14.2. The molecular formula is C29H32F3N7O3. The summed E-state index contributed by atoms with van der Waals surface area (Å²) in [6.45, 7) is 2.56. The number of fused-ring (bicyclic) bond motifs is 1. The van der Waals surface area contributed by atoms with Crippen LogP contribution in [0.15, 0.2) is 42.6 Å². The van der Waals surface area contributed by atoms with Gasteiger partial charge in [0.1, 0.15) is 11.9 Å². The summed E-state index contributed by atoms with van der Waals surface area (Å²) in [5, 5.41) is 8.98. The van der Waals surface area contributed by atoms with Crippen LogP contribution in [0.25, 0.3) is 0 Å². The summed E-state index contributed by atoms with van der Waals surface area (Å²) >= 11 is 0. The second-order valence-electron chi connectivity index (χ2n) is 11.2. The predicted molar refractivity (Wildman–Crippen MR) is 144 cm³/mol. The number of aromatic nitrogens is 1. The van der Waals surface area contributed by atoms with Crippen molar-refractivity contribution in [1.82, 2.24) is 25.6 Å². The van der Waals surface area contributed by atoms with E-state index in [-0.39, 0.29) is 31.5 Å². The zero-order chi connectivity index (χ0) is 29.4. The van der Waals surface area contributed by atoms with E-state index >= 15 is 0 Å². The lowest BCUT2D eigenvalue weighted by Crippen LogP contribution is -2.64. The number of hydrogen-bond acceptors (Lipinski definition) is 8. The molecule has 2 unspecified atom stereocenters. The third-order valence-electron chi connectivity index (χ3n) is 8.78. The summed E-state index contributed by atoms with van der Waals surface area (Å²) in [5.74, 6) is -2.49. The second kappa shape index (κ2) is 11.5. The van der Waals surface area contributed by atoms with Crippen molar-refractivity contribution in [3.63, 3.8) is 0 Å². The van der Waals surface area contributed by atoms with Gasteiger partial charge < -0.3 is 14.5 Å². The molecule has 6 rings (SSSR count). The molecule has 2 amide bonds. The van der Waals surface area contributed by atoms with Gasteiger partial charge in [0.25, 0.3) is 0 Å². The highest BCUT2D eigenvalue weighted by Crippen LogP contribution is 2.46. The van der Waals surface area contributed by atoms with E-state index in [1.54, 1.807) is 17.0 Å². The number of nitrogens with zero attached hydrogens (tertiary/aromatic N) is 5. The number of benzene rings is 1. The van der Waals surface area contributed by atoms with Crippen molar-refractivity contribution in [2.75, 3.05) is 37.6 Å². The number of hydrazine groups is 1. The Labute approximate surface area is 241 Å². The number of amides is 2.